The normalized spacial score (nSPS) is 28.7. The van der Waals surface area contributed by atoms with Gasteiger partial charge in [0, 0.05) is 4.93 Å². The lowest BCUT2D eigenvalue weighted by atomic mass is 9.83. The highest BCUT2D eigenvalue weighted by Crippen LogP contribution is 2.39. The summed E-state index contributed by atoms with van der Waals surface area (Å²) in [4.78, 5) is 0.723. The van der Waals surface area contributed by atoms with Gasteiger partial charge in [-0.2, -0.15) is 0 Å². The first-order chi connectivity index (χ1) is 8.32. The zero-order valence-corrected chi connectivity index (χ0v) is 12.7. The lowest BCUT2D eigenvalue weighted by Crippen LogP contribution is -2.41. The van der Waals surface area contributed by atoms with Crippen molar-refractivity contribution >= 4 is 18.7 Å². The Morgan fingerprint density at radius 3 is 2.06 bits per heavy atom. The Hall–Kier alpha value is 0.0149. The monoisotopic (exact) mass is 270 g/mol. The van der Waals surface area contributed by atoms with E-state index in [0.717, 1.165) is 4.93 Å². The minimum absolute atomic E-state index is 0.307. The van der Waals surface area contributed by atoms with Gasteiger partial charge in [-0.1, -0.05) is 36.9 Å². The standard InChI is InChI=1S/C14H24BClO2/c1-13(2)14(3,4)18-15(17-13)12(16)10-11-8-6-5-7-9-11/h10-11H,5-9H2,1-4H3/b12-10-. The summed E-state index contributed by atoms with van der Waals surface area (Å²) < 4.78 is 11.9. The van der Waals surface area contributed by atoms with Crippen molar-refractivity contribution in [1.82, 2.24) is 0 Å². The molecule has 0 amide bonds. The predicted molar refractivity (Wildman–Crippen MR) is 76.6 cm³/mol. The van der Waals surface area contributed by atoms with Crippen LogP contribution in [0.2, 0.25) is 0 Å². The Bertz CT molecular complexity index is 317. The van der Waals surface area contributed by atoms with Crippen LogP contribution in [0.3, 0.4) is 0 Å². The van der Waals surface area contributed by atoms with Crippen molar-refractivity contribution < 1.29 is 9.31 Å². The molecule has 4 heteroatoms. The van der Waals surface area contributed by atoms with Gasteiger partial charge in [0.1, 0.15) is 0 Å². The molecular formula is C14H24BClO2. The smallest absolute Gasteiger partial charge is 0.399 e. The first kappa shape index (κ1) is 14.4. The van der Waals surface area contributed by atoms with Gasteiger partial charge in [0.15, 0.2) is 0 Å². The average Bonchev–Trinajstić information content (AvgIpc) is 2.50. The van der Waals surface area contributed by atoms with Gasteiger partial charge in [0.25, 0.3) is 0 Å². The van der Waals surface area contributed by atoms with E-state index in [2.05, 4.69) is 33.8 Å². The van der Waals surface area contributed by atoms with E-state index in [1.54, 1.807) is 0 Å². The average molecular weight is 271 g/mol. The third kappa shape index (κ3) is 2.94. The quantitative estimate of drug-likeness (QED) is 0.696. The van der Waals surface area contributed by atoms with Gasteiger partial charge in [-0.25, -0.2) is 0 Å². The van der Waals surface area contributed by atoms with Crippen LogP contribution in [0, 0.1) is 5.92 Å². The maximum atomic E-state index is 6.39. The third-order valence-electron chi connectivity index (χ3n) is 4.52. The lowest BCUT2D eigenvalue weighted by Gasteiger charge is -2.32. The SMILES string of the molecule is CC1(C)OB(/C(Cl)=C/C2CCCCC2)OC1(C)C. The minimum atomic E-state index is -0.390. The maximum absolute atomic E-state index is 6.39. The Morgan fingerprint density at radius 2 is 1.56 bits per heavy atom. The highest BCUT2D eigenvalue weighted by Gasteiger charge is 2.52. The summed E-state index contributed by atoms with van der Waals surface area (Å²) in [6.07, 6.45) is 8.64. The van der Waals surface area contributed by atoms with Crippen LogP contribution in [-0.4, -0.2) is 18.3 Å². The number of halogens is 1. The number of rotatable bonds is 2. The van der Waals surface area contributed by atoms with Crippen molar-refractivity contribution in [2.75, 3.05) is 0 Å². The summed E-state index contributed by atoms with van der Waals surface area (Å²) in [5, 5.41) is 0. The van der Waals surface area contributed by atoms with Crippen LogP contribution >= 0.6 is 11.6 Å². The van der Waals surface area contributed by atoms with Gasteiger partial charge in [-0.05, 0) is 46.5 Å². The van der Waals surface area contributed by atoms with Crippen LogP contribution in [-0.2, 0) is 9.31 Å². The topological polar surface area (TPSA) is 18.5 Å². The summed E-state index contributed by atoms with van der Waals surface area (Å²) in [6.45, 7) is 8.21. The molecule has 0 spiro atoms. The molecule has 18 heavy (non-hydrogen) atoms. The van der Waals surface area contributed by atoms with Crippen molar-refractivity contribution in [3.8, 4) is 0 Å². The van der Waals surface area contributed by atoms with Crippen molar-refractivity contribution in [2.45, 2.75) is 71.0 Å². The molecule has 2 fully saturated rings. The van der Waals surface area contributed by atoms with E-state index in [9.17, 15) is 0 Å². The summed E-state index contributed by atoms with van der Waals surface area (Å²) >= 11 is 6.39. The Balaban J connectivity index is 2.02. The van der Waals surface area contributed by atoms with E-state index in [4.69, 9.17) is 20.9 Å². The molecule has 0 unspecified atom stereocenters. The molecule has 0 radical (unpaired) electrons. The van der Waals surface area contributed by atoms with Gasteiger partial charge in [-0.3, -0.25) is 0 Å². The number of allylic oxidation sites excluding steroid dienone is 1. The molecule has 1 heterocycles. The van der Waals surface area contributed by atoms with Crippen LogP contribution in [0.5, 0.6) is 0 Å². The van der Waals surface area contributed by atoms with Gasteiger partial charge in [0.05, 0.1) is 11.2 Å². The first-order valence-corrected chi connectivity index (χ1v) is 7.42. The first-order valence-electron chi connectivity index (χ1n) is 7.05. The van der Waals surface area contributed by atoms with Crippen LogP contribution in [0.1, 0.15) is 59.8 Å². The zero-order chi connectivity index (χ0) is 13.4. The highest BCUT2D eigenvalue weighted by atomic mass is 35.5. The van der Waals surface area contributed by atoms with Gasteiger partial charge < -0.3 is 9.31 Å². The summed E-state index contributed by atoms with van der Waals surface area (Å²) in [5.74, 6) is 0.602. The fourth-order valence-corrected chi connectivity index (χ4v) is 2.83. The molecule has 0 aromatic rings. The van der Waals surface area contributed by atoms with Gasteiger partial charge in [0.2, 0.25) is 0 Å². The van der Waals surface area contributed by atoms with E-state index in [0.29, 0.717) is 5.92 Å². The van der Waals surface area contributed by atoms with Gasteiger partial charge in [-0.15, -0.1) is 0 Å². The lowest BCUT2D eigenvalue weighted by molar-refractivity contribution is 0.00578. The second kappa shape index (κ2) is 5.18. The summed E-state index contributed by atoms with van der Waals surface area (Å²) in [7, 11) is -0.390. The van der Waals surface area contributed by atoms with Crippen LogP contribution < -0.4 is 0 Å². The van der Waals surface area contributed by atoms with E-state index < -0.39 is 7.12 Å². The highest BCUT2D eigenvalue weighted by molar-refractivity contribution is 6.69. The number of hydrogen-bond donors (Lipinski definition) is 0. The van der Waals surface area contributed by atoms with Crippen molar-refractivity contribution in [3.05, 3.63) is 11.0 Å². The summed E-state index contributed by atoms with van der Waals surface area (Å²) in [5.41, 5.74) is -0.615. The zero-order valence-electron chi connectivity index (χ0n) is 12.0. The molecule has 1 saturated carbocycles. The van der Waals surface area contributed by atoms with Crippen molar-refractivity contribution in [1.29, 1.82) is 0 Å². The molecule has 1 saturated heterocycles. The molecule has 0 aromatic heterocycles. The Kier molecular flexibility index (Phi) is 4.15. The van der Waals surface area contributed by atoms with Crippen LogP contribution in [0.15, 0.2) is 11.0 Å². The Labute approximate surface area is 116 Å². The fourth-order valence-electron chi connectivity index (χ4n) is 2.56. The van der Waals surface area contributed by atoms with E-state index in [1.165, 1.54) is 32.1 Å². The van der Waals surface area contributed by atoms with Crippen LogP contribution in [0.25, 0.3) is 0 Å². The molecular weight excluding hydrogens is 246 g/mol. The number of hydrogen-bond acceptors (Lipinski definition) is 2. The molecule has 2 aliphatic rings. The molecule has 2 nitrogen and oxygen atoms in total. The maximum Gasteiger partial charge on any atom is 0.506 e. The third-order valence-corrected chi connectivity index (χ3v) is 4.83. The molecule has 2 rings (SSSR count). The van der Waals surface area contributed by atoms with Crippen molar-refractivity contribution in [2.24, 2.45) is 5.92 Å². The second-order valence-electron chi connectivity index (χ2n) is 6.54. The predicted octanol–water partition coefficient (Wildman–Crippen LogP) is 4.32. The molecule has 102 valence electrons. The van der Waals surface area contributed by atoms with E-state index in [-0.39, 0.29) is 11.2 Å². The Morgan fingerprint density at radius 1 is 1.06 bits per heavy atom. The largest absolute Gasteiger partial charge is 0.506 e. The van der Waals surface area contributed by atoms with Crippen molar-refractivity contribution in [3.63, 3.8) is 0 Å². The molecule has 0 aromatic carbocycles. The van der Waals surface area contributed by atoms with Gasteiger partial charge >= 0.3 is 7.12 Å². The van der Waals surface area contributed by atoms with E-state index >= 15 is 0 Å². The summed E-state index contributed by atoms with van der Waals surface area (Å²) in [6, 6.07) is 0. The van der Waals surface area contributed by atoms with E-state index in [1.807, 2.05) is 0 Å². The van der Waals surface area contributed by atoms with Crippen LogP contribution in [0.4, 0.5) is 0 Å². The molecule has 0 atom stereocenters. The molecule has 0 N–H and O–H groups in total. The second-order valence-corrected chi connectivity index (χ2v) is 6.97. The molecule has 1 aliphatic heterocycles. The minimum Gasteiger partial charge on any atom is -0.399 e. The molecule has 1 aliphatic carbocycles. The fraction of sp³-hybridized carbons (Fsp3) is 0.857. The molecule has 0 bridgehead atoms.